The van der Waals surface area contributed by atoms with Gasteiger partial charge in [0.25, 0.3) is 11.2 Å². The summed E-state index contributed by atoms with van der Waals surface area (Å²) in [5.41, 5.74) is 0.341. The van der Waals surface area contributed by atoms with Crippen LogP contribution in [0.3, 0.4) is 0 Å². The van der Waals surface area contributed by atoms with Crippen molar-refractivity contribution in [3.8, 4) is 0 Å². The second-order valence-corrected chi connectivity index (χ2v) is 6.15. The lowest BCUT2D eigenvalue weighted by molar-refractivity contribution is -0.384. The Labute approximate surface area is 135 Å². The van der Waals surface area contributed by atoms with Gasteiger partial charge in [0.15, 0.2) is 0 Å². The standard InChI is InChI=1S/C12H7Br2ClN2O3/c13-8-3-10(14)12(18)16(6-8)5-7-1-2-9(17(19)20)4-11(7)15/h1-4,6H,5H2. The molecule has 0 aliphatic carbocycles. The third kappa shape index (κ3) is 3.28. The van der Waals surface area contributed by atoms with Crippen LogP contribution in [-0.4, -0.2) is 9.49 Å². The molecule has 1 aromatic heterocycles. The largest absolute Gasteiger partial charge is 0.309 e. The van der Waals surface area contributed by atoms with E-state index >= 15 is 0 Å². The highest BCUT2D eigenvalue weighted by Gasteiger charge is 2.11. The van der Waals surface area contributed by atoms with E-state index in [-0.39, 0.29) is 22.8 Å². The molecule has 8 heteroatoms. The molecule has 5 nitrogen and oxygen atoms in total. The first-order chi connectivity index (χ1) is 9.38. The number of hydrogen-bond acceptors (Lipinski definition) is 3. The van der Waals surface area contributed by atoms with Crippen molar-refractivity contribution in [1.29, 1.82) is 0 Å². The summed E-state index contributed by atoms with van der Waals surface area (Å²) < 4.78 is 2.62. The predicted molar refractivity (Wildman–Crippen MR) is 83.3 cm³/mol. The smallest absolute Gasteiger partial charge is 0.270 e. The monoisotopic (exact) mass is 420 g/mol. The van der Waals surface area contributed by atoms with Crippen LogP contribution in [0.25, 0.3) is 0 Å². The molecular formula is C12H7Br2ClN2O3. The fourth-order valence-corrected chi connectivity index (χ4v) is 3.14. The van der Waals surface area contributed by atoms with Crippen molar-refractivity contribution in [2.45, 2.75) is 6.54 Å². The maximum atomic E-state index is 12.0. The highest BCUT2D eigenvalue weighted by atomic mass is 79.9. The lowest BCUT2D eigenvalue weighted by Gasteiger charge is -2.09. The predicted octanol–water partition coefficient (Wildman–Crippen LogP) is 3.98. The molecule has 0 aliphatic heterocycles. The number of rotatable bonds is 3. The van der Waals surface area contributed by atoms with Crippen molar-refractivity contribution < 1.29 is 4.92 Å². The molecule has 104 valence electrons. The first-order valence-electron chi connectivity index (χ1n) is 5.37. The maximum Gasteiger partial charge on any atom is 0.270 e. The van der Waals surface area contributed by atoms with Crippen molar-refractivity contribution in [2.24, 2.45) is 0 Å². The van der Waals surface area contributed by atoms with Crippen LogP contribution >= 0.6 is 43.5 Å². The fraction of sp³-hybridized carbons (Fsp3) is 0.0833. The van der Waals surface area contributed by atoms with E-state index in [0.717, 1.165) is 4.47 Å². The van der Waals surface area contributed by atoms with Gasteiger partial charge in [-0.3, -0.25) is 14.9 Å². The van der Waals surface area contributed by atoms with Crippen molar-refractivity contribution >= 4 is 49.1 Å². The Morgan fingerprint density at radius 3 is 2.60 bits per heavy atom. The van der Waals surface area contributed by atoms with E-state index in [1.165, 1.54) is 16.7 Å². The van der Waals surface area contributed by atoms with Gasteiger partial charge in [-0.05, 0) is 49.6 Å². The van der Waals surface area contributed by atoms with Crippen molar-refractivity contribution in [3.63, 3.8) is 0 Å². The molecule has 2 rings (SSSR count). The molecule has 0 saturated carbocycles. The molecule has 0 spiro atoms. The molecular weight excluding hydrogens is 415 g/mol. The first-order valence-corrected chi connectivity index (χ1v) is 7.33. The normalized spacial score (nSPS) is 10.6. The van der Waals surface area contributed by atoms with E-state index in [9.17, 15) is 14.9 Å². The number of hydrogen-bond donors (Lipinski definition) is 0. The molecule has 0 saturated heterocycles. The van der Waals surface area contributed by atoms with E-state index in [1.54, 1.807) is 18.3 Å². The summed E-state index contributed by atoms with van der Waals surface area (Å²) in [5.74, 6) is 0. The minimum absolute atomic E-state index is 0.0819. The molecule has 0 aliphatic rings. The molecule has 0 unspecified atom stereocenters. The molecule has 0 N–H and O–H groups in total. The van der Waals surface area contributed by atoms with Crippen molar-refractivity contribution in [2.75, 3.05) is 0 Å². The highest BCUT2D eigenvalue weighted by molar-refractivity contribution is 9.11. The van der Waals surface area contributed by atoms with Crippen LogP contribution in [0.5, 0.6) is 0 Å². The average Bonchev–Trinajstić information content (AvgIpc) is 2.37. The van der Waals surface area contributed by atoms with Crippen LogP contribution in [0.4, 0.5) is 5.69 Å². The quantitative estimate of drug-likeness (QED) is 0.555. The Morgan fingerprint density at radius 2 is 2.00 bits per heavy atom. The number of benzene rings is 1. The summed E-state index contributed by atoms with van der Waals surface area (Å²) in [7, 11) is 0. The Morgan fingerprint density at radius 1 is 1.30 bits per heavy atom. The van der Waals surface area contributed by atoms with E-state index < -0.39 is 4.92 Å². The molecule has 2 aromatic rings. The van der Waals surface area contributed by atoms with Crippen LogP contribution in [0.1, 0.15) is 5.56 Å². The highest BCUT2D eigenvalue weighted by Crippen LogP contribution is 2.23. The number of non-ortho nitro benzene ring substituents is 1. The van der Waals surface area contributed by atoms with E-state index in [0.29, 0.717) is 10.0 Å². The third-order valence-corrected chi connectivity index (χ3v) is 3.95. The van der Waals surface area contributed by atoms with Crippen LogP contribution in [0.15, 0.2) is 44.2 Å². The van der Waals surface area contributed by atoms with E-state index in [2.05, 4.69) is 31.9 Å². The number of pyridine rings is 1. The molecule has 0 bridgehead atoms. The van der Waals surface area contributed by atoms with Crippen LogP contribution in [0.2, 0.25) is 5.02 Å². The fourth-order valence-electron chi connectivity index (χ4n) is 1.64. The Kier molecular flexibility index (Phi) is 4.62. The van der Waals surface area contributed by atoms with Gasteiger partial charge in [-0.15, -0.1) is 0 Å². The lowest BCUT2D eigenvalue weighted by atomic mass is 10.2. The molecule has 1 aromatic carbocycles. The summed E-state index contributed by atoms with van der Waals surface area (Å²) in [6.45, 7) is 0.230. The minimum atomic E-state index is -0.516. The molecule has 0 fully saturated rings. The Hall–Kier alpha value is -1.18. The van der Waals surface area contributed by atoms with Gasteiger partial charge >= 0.3 is 0 Å². The zero-order chi connectivity index (χ0) is 14.9. The topological polar surface area (TPSA) is 65.1 Å². The number of halogens is 3. The Bertz CT molecular complexity index is 746. The van der Waals surface area contributed by atoms with Gasteiger partial charge in [-0.1, -0.05) is 11.6 Å². The number of nitro benzene ring substituents is 1. The summed E-state index contributed by atoms with van der Waals surface area (Å²) in [4.78, 5) is 22.1. The van der Waals surface area contributed by atoms with E-state index in [1.807, 2.05) is 0 Å². The summed E-state index contributed by atoms with van der Waals surface area (Å²) in [6, 6.07) is 5.83. The summed E-state index contributed by atoms with van der Waals surface area (Å²) in [5, 5.41) is 10.9. The molecule has 1 heterocycles. The summed E-state index contributed by atoms with van der Waals surface area (Å²) in [6.07, 6.45) is 1.63. The minimum Gasteiger partial charge on any atom is -0.309 e. The molecule has 0 atom stereocenters. The van der Waals surface area contributed by atoms with Gasteiger partial charge in [0.05, 0.1) is 21.0 Å². The number of nitro groups is 1. The first kappa shape index (κ1) is 15.2. The van der Waals surface area contributed by atoms with Crippen molar-refractivity contribution in [3.05, 3.63) is 70.5 Å². The second kappa shape index (κ2) is 6.07. The number of nitrogens with zero attached hydrogens (tertiary/aromatic N) is 2. The van der Waals surface area contributed by atoms with Gasteiger partial charge in [0.2, 0.25) is 0 Å². The number of aromatic nitrogens is 1. The van der Waals surface area contributed by atoms with Crippen LogP contribution < -0.4 is 5.56 Å². The maximum absolute atomic E-state index is 12.0. The second-order valence-electron chi connectivity index (χ2n) is 3.97. The zero-order valence-electron chi connectivity index (χ0n) is 9.85. The summed E-state index contributed by atoms with van der Waals surface area (Å²) >= 11 is 12.5. The molecule has 20 heavy (non-hydrogen) atoms. The average molecular weight is 422 g/mol. The molecule has 0 amide bonds. The molecule has 0 radical (unpaired) electrons. The SMILES string of the molecule is O=c1c(Br)cc(Br)cn1Cc1ccc([N+](=O)[O-])cc1Cl. The van der Waals surface area contributed by atoms with Gasteiger partial charge in [0, 0.05) is 22.8 Å². The van der Waals surface area contributed by atoms with Gasteiger partial charge < -0.3 is 4.57 Å². The van der Waals surface area contributed by atoms with Crippen LogP contribution in [0, 0.1) is 10.1 Å². The van der Waals surface area contributed by atoms with Gasteiger partial charge in [-0.25, -0.2) is 0 Å². The van der Waals surface area contributed by atoms with Gasteiger partial charge in [-0.2, -0.15) is 0 Å². The Balaban J connectivity index is 2.41. The lowest BCUT2D eigenvalue weighted by Crippen LogP contribution is -2.20. The third-order valence-electron chi connectivity index (χ3n) is 2.60. The van der Waals surface area contributed by atoms with Crippen molar-refractivity contribution in [1.82, 2.24) is 4.57 Å². The zero-order valence-corrected chi connectivity index (χ0v) is 13.8. The van der Waals surface area contributed by atoms with Gasteiger partial charge in [0.1, 0.15) is 0 Å². The van der Waals surface area contributed by atoms with E-state index in [4.69, 9.17) is 11.6 Å². The van der Waals surface area contributed by atoms with Crippen LogP contribution in [-0.2, 0) is 6.54 Å².